The monoisotopic (exact) mass is 245 g/mol. The molecule has 0 fully saturated rings. The van der Waals surface area contributed by atoms with Crippen molar-refractivity contribution in [2.75, 3.05) is 10.6 Å². The quantitative estimate of drug-likeness (QED) is 0.615. The molecule has 5 heteroatoms. The number of carbonyl (C=O) groups is 1. The summed E-state index contributed by atoms with van der Waals surface area (Å²) in [5, 5.41) is 10.0. The van der Waals surface area contributed by atoms with Gasteiger partial charge in [-0.25, -0.2) is 0 Å². The Balaban J connectivity index is 2.18. The minimum Gasteiger partial charge on any atom is -0.323 e. The number of unbranched alkanes of at least 4 members (excludes halogenated alkanes) is 1. The van der Waals surface area contributed by atoms with Gasteiger partial charge in [0.25, 0.3) is 0 Å². The summed E-state index contributed by atoms with van der Waals surface area (Å²) in [7, 11) is 0. The molecule has 0 unspecified atom stereocenters. The van der Waals surface area contributed by atoms with Crippen molar-refractivity contribution in [1.29, 1.82) is 0 Å². The summed E-state index contributed by atoms with van der Waals surface area (Å²) in [5.74, 6) is 0.0438. The Morgan fingerprint density at radius 3 is 3.08 bits per heavy atom. The molecule has 0 aromatic carbocycles. The third kappa shape index (κ3) is 4.07. The highest BCUT2D eigenvalue weighted by Gasteiger charge is 2.01. The van der Waals surface area contributed by atoms with Gasteiger partial charge in [-0.1, -0.05) is 15.9 Å². The van der Waals surface area contributed by atoms with Crippen LogP contribution in [0.1, 0.15) is 19.3 Å². The van der Waals surface area contributed by atoms with Gasteiger partial charge in [0.2, 0.25) is 5.91 Å². The molecule has 1 aromatic heterocycles. The third-order valence-corrected chi connectivity index (χ3v) is 2.13. The number of amides is 1. The number of aromatic amines is 1. The van der Waals surface area contributed by atoms with Crippen LogP contribution in [0, 0.1) is 0 Å². The fourth-order valence-corrected chi connectivity index (χ4v) is 1.32. The molecule has 0 bridgehead atoms. The first-order valence-corrected chi connectivity index (χ1v) is 5.29. The van der Waals surface area contributed by atoms with E-state index in [-0.39, 0.29) is 5.91 Å². The lowest BCUT2D eigenvalue weighted by Gasteiger charge is -2.00. The topological polar surface area (TPSA) is 57.8 Å². The van der Waals surface area contributed by atoms with Crippen LogP contribution in [-0.2, 0) is 4.79 Å². The van der Waals surface area contributed by atoms with E-state index in [1.807, 2.05) is 0 Å². The average Bonchev–Trinajstić information content (AvgIpc) is 2.57. The lowest BCUT2D eigenvalue weighted by molar-refractivity contribution is -0.116. The summed E-state index contributed by atoms with van der Waals surface area (Å²) in [6, 6.07) is 0. The van der Waals surface area contributed by atoms with Gasteiger partial charge >= 0.3 is 0 Å². The zero-order valence-electron chi connectivity index (χ0n) is 7.22. The van der Waals surface area contributed by atoms with Crippen molar-refractivity contribution in [3.05, 3.63) is 12.4 Å². The predicted molar refractivity (Wildman–Crippen MR) is 54.9 cm³/mol. The van der Waals surface area contributed by atoms with Gasteiger partial charge in [0.1, 0.15) is 0 Å². The molecule has 1 amide bonds. The summed E-state index contributed by atoms with van der Waals surface area (Å²) < 4.78 is 0. The number of anilines is 1. The zero-order chi connectivity index (χ0) is 9.52. The normalized spacial score (nSPS) is 9.92. The van der Waals surface area contributed by atoms with Crippen LogP contribution in [0.2, 0.25) is 0 Å². The SMILES string of the molecule is O=C(CCCCBr)Nc1cn[nH]c1. The van der Waals surface area contributed by atoms with Crippen LogP contribution in [-0.4, -0.2) is 21.4 Å². The highest BCUT2D eigenvalue weighted by atomic mass is 79.9. The maximum atomic E-state index is 11.2. The van der Waals surface area contributed by atoms with Gasteiger partial charge in [0.15, 0.2) is 0 Å². The molecule has 0 aliphatic carbocycles. The largest absolute Gasteiger partial charge is 0.323 e. The molecule has 0 saturated heterocycles. The first-order valence-electron chi connectivity index (χ1n) is 4.17. The van der Waals surface area contributed by atoms with Crippen LogP contribution in [0.3, 0.4) is 0 Å². The number of halogens is 1. The van der Waals surface area contributed by atoms with Gasteiger partial charge in [-0.05, 0) is 12.8 Å². The van der Waals surface area contributed by atoms with Crippen LogP contribution in [0.4, 0.5) is 5.69 Å². The van der Waals surface area contributed by atoms with Crippen LogP contribution in [0.5, 0.6) is 0 Å². The average molecular weight is 246 g/mol. The standard InChI is InChI=1S/C8H12BrN3O/c9-4-2-1-3-8(13)12-7-5-10-11-6-7/h5-6H,1-4H2,(H,10,11)(H,12,13). The highest BCUT2D eigenvalue weighted by molar-refractivity contribution is 9.09. The molecule has 2 N–H and O–H groups in total. The van der Waals surface area contributed by atoms with Gasteiger partial charge in [-0.15, -0.1) is 0 Å². The van der Waals surface area contributed by atoms with Gasteiger partial charge in [0, 0.05) is 17.9 Å². The van der Waals surface area contributed by atoms with Gasteiger partial charge in [-0.3, -0.25) is 9.89 Å². The van der Waals surface area contributed by atoms with E-state index in [1.165, 1.54) is 0 Å². The third-order valence-electron chi connectivity index (χ3n) is 1.57. The number of aromatic nitrogens is 2. The molecule has 13 heavy (non-hydrogen) atoms. The molecule has 0 aliphatic heterocycles. The number of carbonyl (C=O) groups excluding carboxylic acids is 1. The maximum Gasteiger partial charge on any atom is 0.224 e. The van der Waals surface area contributed by atoms with Crippen molar-refractivity contribution in [3.63, 3.8) is 0 Å². The number of H-pyrrole nitrogens is 1. The Labute approximate surface area is 85.2 Å². The Hall–Kier alpha value is -0.840. The van der Waals surface area contributed by atoms with Gasteiger partial charge in [-0.2, -0.15) is 5.10 Å². The first kappa shape index (κ1) is 10.2. The Kier molecular flexibility index (Phi) is 4.53. The fourth-order valence-electron chi connectivity index (χ4n) is 0.923. The first-order chi connectivity index (χ1) is 6.33. The Bertz CT molecular complexity index is 248. The minimum absolute atomic E-state index is 0.0438. The van der Waals surface area contributed by atoms with Crippen molar-refractivity contribution >= 4 is 27.5 Å². The molecule has 1 heterocycles. The number of hydrogen-bond acceptors (Lipinski definition) is 2. The second kappa shape index (κ2) is 5.75. The molecule has 1 aromatic rings. The fraction of sp³-hybridized carbons (Fsp3) is 0.500. The lowest BCUT2D eigenvalue weighted by atomic mass is 10.2. The second-order valence-electron chi connectivity index (χ2n) is 2.68. The summed E-state index contributed by atoms with van der Waals surface area (Å²) in [5.41, 5.74) is 0.726. The Morgan fingerprint density at radius 1 is 1.62 bits per heavy atom. The highest BCUT2D eigenvalue weighted by Crippen LogP contribution is 2.04. The number of hydrogen-bond donors (Lipinski definition) is 2. The molecule has 0 spiro atoms. The smallest absolute Gasteiger partial charge is 0.224 e. The number of nitrogens with zero attached hydrogens (tertiary/aromatic N) is 1. The van der Waals surface area contributed by atoms with Crippen molar-refractivity contribution in [2.24, 2.45) is 0 Å². The maximum absolute atomic E-state index is 11.2. The van der Waals surface area contributed by atoms with Crippen LogP contribution >= 0.6 is 15.9 Å². The lowest BCUT2D eigenvalue weighted by Crippen LogP contribution is -2.10. The second-order valence-corrected chi connectivity index (χ2v) is 3.47. The van der Waals surface area contributed by atoms with Crippen LogP contribution in [0.25, 0.3) is 0 Å². The summed E-state index contributed by atoms with van der Waals surface area (Å²) >= 11 is 3.31. The molecular formula is C8H12BrN3O. The molecular weight excluding hydrogens is 234 g/mol. The number of alkyl halides is 1. The number of rotatable bonds is 5. The van der Waals surface area contributed by atoms with Gasteiger partial charge in [0.05, 0.1) is 11.9 Å². The molecule has 72 valence electrons. The van der Waals surface area contributed by atoms with E-state index >= 15 is 0 Å². The molecule has 0 radical (unpaired) electrons. The van der Waals surface area contributed by atoms with Crippen molar-refractivity contribution < 1.29 is 4.79 Å². The molecule has 0 atom stereocenters. The van der Waals surface area contributed by atoms with E-state index in [4.69, 9.17) is 0 Å². The number of nitrogens with one attached hydrogen (secondary N) is 2. The van der Waals surface area contributed by atoms with E-state index < -0.39 is 0 Å². The summed E-state index contributed by atoms with van der Waals surface area (Å²) in [6.45, 7) is 0. The molecule has 1 rings (SSSR count). The van der Waals surface area contributed by atoms with Gasteiger partial charge < -0.3 is 5.32 Å². The van der Waals surface area contributed by atoms with E-state index in [2.05, 4.69) is 31.4 Å². The Morgan fingerprint density at radius 2 is 2.46 bits per heavy atom. The van der Waals surface area contributed by atoms with Crippen molar-refractivity contribution in [1.82, 2.24) is 10.2 Å². The molecule has 4 nitrogen and oxygen atoms in total. The van der Waals surface area contributed by atoms with Crippen molar-refractivity contribution in [3.8, 4) is 0 Å². The summed E-state index contributed by atoms with van der Waals surface area (Å²) in [4.78, 5) is 11.2. The molecule has 0 saturated carbocycles. The van der Waals surface area contributed by atoms with Crippen LogP contribution < -0.4 is 5.32 Å². The van der Waals surface area contributed by atoms with Crippen LogP contribution in [0.15, 0.2) is 12.4 Å². The van der Waals surface area contributed by atoms with E-state index in [0.717, 1.165) is 23.9 Å². The van der Waals surface area contributed by atoms with E-state index in [0.29, 0.717) is 6.42 Å². The zero-order valence-corrected chi connectivity index (χ0v) is 8.80. The minimum atomic E-state index is 0.0438. The molecule has 0 aliphatic rings. The van der Waals surface area contributed by atoms with E-state index in [9.17, 15) is 4.79 Å². The van der Waals surface area contributed by atoms with Crippen molar-refractivity contribution in [2.45, 2.75) is 19.3 Å². The predicted octanol–water partition coefficient (Wildman–Crippen LogP) is 1.91. The summed E-state index contributed by atoms with van der Waals surface area (Å²) in [6.07, 6.45) is 5.75. The van der Waals surface area contributed by atoms with E-state index in [1.54, 1.807) is 12.4 Å².